The summed E-state index contributed by atoms with van der Waals surface area (Å²) in [5.74, 6) is -0.135. The molecule has 0 N–H and O–H groups in total. The quantitative estimate of drug-likeness (QED) is 0.870. The average Bonchev–Trinajstić information content (AvgIpc) is 3.18. The van der Waals surface area contributed by atoms with E-state index >= 15 is 0 Å². The molecule has 1 aromatic heterocycles. The van der Waals surface area contributed by atoms with Gasteiger partial charge in [-0.1, -0.05) is 18.2 Å². The van der Waals surface area contributed by atoms with E-state index in [9.17, 15) is 4.39 Å². The molecule has 2 aliphatic rings. The summed E-state index contributed by atoms with van der Waals surface area (Å²) >= 11 is 1.60. The van der Waals surface area contributed by atoms with Crippen LogP contribution in [0.5, 0.6) is 0 Å². The van der Waals surface area contributed by atoms with Crippen LogP contribution in [0, 0.1) is 5.82 Å². The monoisotopic (exact) mass is 305 g/mol. The zero-order chi connectivity index (χ0) is 14.3. The lowest BCUT2D eigenvalue weighted by molar-refractivity contribution is -0.0916. The summed E-state index contributed by atoms with van der Waals surface area (Å²) < 4.78 is 25.2. The molecule has 1 aromatic carbocycles. The van der Waals surface area contributed by atoms with Crippen molar-refractivity contribution in [3.8, 4) is 0 Å². The predicted octanol–water partition coefficient (Wildman–Crippen LogP) is 3.45. The number of nitrogens with zero attached hydrogens (tertiary/aromatic N) is 1. The molecule has 2 aromatic rings. The molecule has 4 rings (SSSR count). The van der Waals surface area contributed by atoms with Gasteiger partial charge in [-0.15, -0.1) is 11.3 Å². The van der Waals surface area contributed by atoms with E-state index in [2.05, 4.69) is 0 Å². The average molecular weight is 305 g/mol. The summed E-state index contributed by atoms with van der Waals surface area (Å²) in [6, 6.07) is 7.03. The molecular formula is C16H16FNO2S. The summed E-state index contributed by atoms with van der Waals surface area (Å²) in [6.45, 7) is 1.80. The van der Waals surface area contributed by atoms with Crippen molar-refractivity contribution < 1.29 is 13.9 Å². The molecule has 110 valence electrons. The maximum absolute atomic E-state index is 14.1. The van der Waals surface area contributed by atoms with Crippen LogP contribution in [0.4, 0.5) is 4.39 Å². The van der Waals surface area contributed by atoms with Crippen LogP contribution in [0.1, 0.15) is 35.2 Å². The molecule has 5 heteroatoms. The molecule has 0 spiro atoms. The Balaban J connectivity index is 1.65. The molecule has 2 fully saturated rings. The molecule has 1 aliphatic heterocycles. The largest absolute Gasteiger partial charge is 0.376 e. The maximum atomic E-state index is 14.1. The van der Waals surface area contributed by atoms with Crippen molar-refractivity contribution >= 4 is 11.3 Å². The van der Waals surface area contributed by atoms with Crippen molar-refractivity contribution in [2.45, 2.75) is 24.4 Å². The lowest BCUT2D eigenvalue weighted by Gasteiger charge is -2.21. The van der Waals surface area contributed by atoms with Crippen LogP contribution in [0.25, 0.3) is 0 Å². The van der Waals surface area contributed by atoms with Gasteiger partial charge in [0.05, 0.1) is 30.9 Å². The van der Waals surface area contributed by atoms with Crippen LogP contribution < -0.4 is 0 Å². The highest BCUT2D eigenvalue weighted by Crippen LogP contribution is 2.55. The van der Waals surface area contributed by atoms with Gasteiger partial charge in [-0.2, -0.15) is 0 Å². The summed E-state index contributed by atoms with van der Waals surface area (Å²) in [5, 5.41) is 3.02. The molecule has 1 unspecified atom stereocenters. The lowest BCUT2D eigenvalue weighted by atomic mass is 9.96. The van der Waals surface area contributed by atoms with E-state index in [1.807, 2.05) is 17.5 Å². The third-order valence-corrected chi connectivity index (χ3v) is 5.28. The molecule has 1 saturated carbocycles. The number of hydrogen-bond acceptors (Lipinski definition) is 4. The molecule has 1 aliphatic carbocycles. The second-order valence-electron chi connectivity index (χ2n) is 5.57. The summed E-state index contributed by atoms with van der Waals surface area (Å²) in [7, 11) is 0. The molecule has 1 saturated heterocycles. The van der Waals surface area contributed by atoms with Crippen molar-refractivity contribution in [3.63, 3.8) is 0 Å². The van der Waals surface area contributed by atoms with Gasteiger partial charge in [-0.3, -0.25) is 0 Å². The van der Waals surface area contributed by atoms with Gasteiger partial charge in [0.2, 0.25) is 0 Å². The van der Waals surface area contributed by atoms with Gasteiger partial charge in [-0.05, 0) is 18.9 Å². The third-order valence-electron chi connectivity index (χ3n) is 4.22. The molecule has 21 heavy (non-hydrogen) atoms. The highest BCUT2D eigenvalue weighted by atomic mass is 32.1. The van der Waals surface area contributed by atoms with Crippen molar-refractivity contribution in [1.29, 1.82) is 0 Å². The first-order valence-corrected chi connectivity index (χ1v) is 8.08. The molecular weight excluding hydrogens is 289 g/mol. The first-order chi connectivity index (χ1) is 10.3. The summed E-state index contributed by atoms with van der Waals surface area (Å²) in [4.78, 5) is 4.73. The fourth-order valence-corrected chi connectivity index (χ4v) is 4.02. The van der Waals surface area contributed by atoms with Crippen LogP contribution in [-0.4, -0.2) is 24.8 Å². The molecule has 0 bridgehead atoms. The number of benzene rings is 1. The maximum Gasteiger partial charge on any atom is 0.127 e. The van der Waals surface area contributed by atoms with Gasteiger partial charge >= 0.3 is 0 Å². The normalized spacial score (nSPS) is 24.0. The smallest absolute Gasteiger partial charge is 0.127 e. The highest BCUT2D eigenvalue weighted by molar-refractivity contribution is 7.09. The van der Waals surface area contributed by atoms with Crippen molar-refractivity contribution in [2.75, 3.05) is 19.8 Å². The SMILES string of the molecule is Fc1ccccc1C1(c2nc(C3COCCO3)cs2)CC1. The number of aromatic nitrogens is 1. The Morgan fingerprint density at radius 1 is 1.24 bits per heavy atom. The number of rotatable bonds is 3. The third kappa shape index (κ3) is 2.29. The highest BCUT2D eigenvalue weighted by Gasteiger charge is 2.50. The van der Waals surface area contributed by atoms with E-state index < -0.39 is 0 Å². The second kappa shape index (κ2) is 5.16. The number of hydrogen-bond donors (Lipinski definition) is 0. The van der Waals surface area contributed by atoms with E-state index in [1.165, 1.54) is 6.07 Å². The number of thiazole rings is 1. The van der Waals surface area contributed by atoms with Gasteiger partial charge < -0.3 is 9.47 Å². The molecule has 2 heterocycles. The minimum atomic E-state index is -0.218. The summed E-state index contributed by atoms with van der Waals surface area (Å²) in [5.41, 5.74) is 1.47. The minimum absolute atomic E-state index is 0.0832. The lowest BCUT2D eigenvalue weighted by Crippen LogP contribution is -2.22. The Bertz CT molecular complexity index is 647. The first kappa shape index (κ1) is 13.4. The second-order valence-corrected chi connectivity index (χ2v) is 6.43. The van der Waals surface area contributed by atoms with Gasteiger partial charge in [0.1, 0.15) is 16.9 Å². The van der Waals surface area contributed by atoms with E-state index in [0.717, 1.165) is 29.1 Å². The van der Waals surface area contributed by atoms with Crippen LogP contribution in [0.15, 0.2) is 29.6 Å². The molecule has 3 nitrogen and oxygen atoms in total. The fraction of sp³-hybridized carbons (Fsp3) is 0.438. The van der Waals surface area contributed by atoms with E-state index in [1.54, 1.807) is 17.4 Å². The standard InChI is InChI=1S/C16H16FNO2S/c17-12-4-2-1-3-11(12)16(5-6-16)15-18-13(10-21-15)14-9-19-7-8-20-14/h1-4,10,14H,5-9H2. The van der Waals surface area contributed by atoms with Gasteiger partial charge in [-0.25, -0.2) is 9.37 Å². The zero-order valence-electron chi connectivity index (χ0n) is 11.5. The van der Waals surface area contributed by atoms with E-state index in [0.29, 0.717) is 19.8 Å². The number of ether oxygens (including phenoxy) is 2. The Labute approximate surface area is 126 Å². The Hall–Kier alpha value is -1.30. The molecule has 1 atom stereocenters. The minimum Gasteiger partial charge on any atom is -0.376 e. The van der Waals surface area contributed by atoms with Crippen molar-refractivity contribution in [2.24, 2.45) is 0 Å². The van der Waals surface area contributed by atoms with Crippen LogP contribution in [0.3, 0.4) is 0 Å². The van der Waals surface area contributed by atoms with Crippen molar-refractivity contribution in [3.05, 3.63) is 51.7 Å². The molecule has 0 radical (unpaired) electrons. The Kier molecular flexibility index (Phi) is 3.28. The van der Waals surface area contributed by atoms with Crippen LogP contribution >= 0.6 is 11.3 Å². The topological polar surface area (TPSA) is 31.4 Å². The van der Waals surface area contributed by atoms with Gasteiger partial charge in [0, 0.05) is 10.9 Å². The fourth-order valence-electron chi connectivity index (χ4n) is 2.89. The Morgan fingerprint density at radius 2 is 2.10 bits per heavy atom. The van der Waals surface area contributed by atoms with Crippen LogP contribution in [0.2, 0.25) is 0 Å². The Morgan fingerprint density at radius 3 is 2.81 bits per heavy atom. The van der Waals surface area contributed by atoms with Gasteiger partial charge in [0.25, 0.3) is 0 Å². The van der Waals surface area contributed by atoms with Crippen LogP contribution in [-0.2, 0) is 14.9 Å². The molecule has 0 amide bonds. The zero-order valence-corrected chi connectivity index (χ0v) is 12.4. The van der Waals surface area contributed by atoms with E-state index in [-0.39, 0.29) is 17.3 Å². The summed E-state index contributed by atoms with van der Waals surface area (Å²) in [6.07, 6.45) is 1.84. The predicted molar refractivity (Wildman–Crippen MR) is 78.0 cm³/mol. The van der Waals surface area contributed by atoms with Gasteiger partial charge in [0.15, 0.2) is 0 Å². The first-order valence-electron chi connectivity index (χ1n) is 7.20. The van der Waals surface area contributed by atoms with Crippen molar-refractivity contribution in [1.82, 2.24) is 4.98 Å². The number of halogens is 1. The van der Waals surface area contributed by atoms with E-state index in [4.69, 9.17) is 14.5 Å².